The van der Waals surface area contributed by atoms with E-state index in [1.807, 2.05) is 91.0 Å². The number of rotatable bonds is 10. The monoisotopic (exact) mass is 469 g/mol. The molecule has 35 heavy (non-hydrogen) atoms. The van der Waals surface area contributed by atoms with Crippen LogP contribution in [0.2, 0.25) is 0 Å². The van der Waals surface area contributed by atoms with Gasteiger partial charge < -0.3 is 14.6 Å². The van der Waals surface area contributed by atoms with Crippen LogP contribution in [0.5, 0.6) is 5.75 Å². The molecule has 7 nitrogen and oxygen atoms in total. The summed E-state index contributed by atoms with van der Waals surface area (Å²) in [6.45, 7) is 0.0469. The zero-order valence-electron chi connectivity index (χ0n) is 18.7. The fourth-order valence-electron chi connectivity index (χ4n) is 4.03. The van der Waals surface area contributed by atoms with E-state index in [0.29, 0.717) is 0 Å². The van der Waals surface area contributed by atoms with Crippen molar-refractivity contribution in [3.8, 4) is 5.75 Å². The summed E-state index contributed by atoms with van der Waals surface area (Å²) in [6.07, 6.45) is 0. The molecule has 0 amide bonds. The Morgan fingerprint density at radius 2 is 1.26 bits per heavy atom. The number of carboxylic acids is 1. The molecule has 0 spiro atoms. The first-order valence-corrected chi connectivity index (χ1v) is 11.0. The average molecular weight is 469 g/mol. The first kappa shape index (κ1) is 23.7. The number of hydrogen-bond acceptors (Lipinski definition) is 5. The third-order valence-corrected chi connectivity index (χ3v) is 5.60. The molecule has 0 unspecified atom stereocenters. The smallest absolute Gasteiger partial charge is 0.335 e. The van der Waals surface area contributed by atoms with Gasteiger partial charge in [0.15, 0.2) is 5.75 Å². The maximum atomic E-state index is 11.4. The zero-order chi connectivity index (χ0) is 24.7. The second kappa shape index (κ2) is 10.6. The van der Waals surface area contributed by atoms with Gasteiger partial charge in [0.2, 0.25) is 0 Å². The molecule has 0 bridgehead atoms. The summed E-state index contributed by atoms with van der Waals surface area (Å²) in [6, 6.07) is 32.8. The van der Waals surface area contributed by atoms with E-state index in [4.69, 9.17) is 9.47 Å². The van der Waals surface area contributed by atoms with Gasteiger partial charge in [-0.1, -0.05) is 91.0 Å². The molecule has 4 aromatic rings. The summed E-state index contributed by atoms with van der Waals surface area (Å²) in [5, 5.41) is 20.6. The van der Waals surface area contributed by atoms with Crippen molar-refractivity contribution in [3.05, 3.63) is 142 Å². The molecule has 0 aliphatic heterocycles. The van der Waals surface area contributed by atoms with Crippen molar-refractivity contribution in [2.24, 2.45) is 0 Å². The van der Waals surface area contributed by atoms with Crippen LogP contribution in [0.25, 0.3) is 0 Å². The van der Waals surface area contributed by atoms with Gasteiger partial charge in [-0.05, 0) is 22.8 Å². The lowest BCUT2D eigenvalue weighted by molar-refractivity contribution is -0.385. The topological polar surface area (TPSA) is 98.9 Å². The number of nitro benzene ring substituents is 1. The second-order valence-electron chi connectivity index (χ2n) is 7.72. The van der Waals surface area contributed by atoms with Crippen LogP contribution in [0.15, 0.2) is 109 Å². The quantitative estimate of drug-likeness (QED) is 0.139. The number of benzene rings is 4. The normalized spacial score (nSPS) is 11.1. The zero-order valence-corrected chi connectivity index (χ0v) is 18.7. The molecule has 0 fully saturated rings. The van der Waals surface area contributed by atoms with Crippen LogP contribution >= 0.6 is 0 Å². The summed E-state index contributed by atoms with van der Waals surface area (Å²) in [7, 11) is 0. The Kier molecular flexibility index (Phi) is 7.18. The maximum absolute atomic E-state index is 11.4. The number of nitrogens with zero attached hydrogens (tertiary/aromatic N) is 1. The predicted molar refractivity (Wildman–Crippen MR) is 131 cm³/mol. The lowest BCUT2D eigenvalue weighted by Gasteiger charge is -2.36. The van der Waals surface area contributed by atoms with E-state index < -0.39 is 16.5 Å². The number of nitro groups is 1. The SMILES string of the molecule is O=C(O)c1ccc([N+](=O)[O-])c(OCCOC(c2ccccc2)(c2ccccc2)c2ccccc2)c1. The van der Waals surface area contributed by atoms with Gasteiger partial charge in [0.1, 0.15) is 12.2 Å². The Balaban J connectivity index is 1.67. The van der Waals surface area contributed by atoms with Crippen LogP contribution in [-0.2, 0) is 10.3 Å². The minimum Gasteiger partial charge on any atom is -0.484 e. The third kappa shape index (κ3) is 5.05. The molecule has 4 aromatic carbocycles. The molecular formula is C28H23NO6. The fourth-order valence-corrected chi connectivity index (χ4v) is 4.03. The molecule has 0 aliphatic carbocycles. The summed E-state index contributed by atoms with van der Waals surface area (Å²) in [5.41, 5.74) is 1.38. The second-order valence-corrected chi connectivity index (χ2v) is 7.72. The Hall–Kier alpha value is -4.49. The van der Waals surface area contributed by atoms with Gasteiger partial charge in [-0.15, -0.1) is 0 Å². The number of carboxylic acid groups (broad SMARTS) is 1. The largest absolute Gasteiger partial charge is 0.484 e. The number of hydrogen-bond donors (Lipinski definition) is 1. The molecule has 4 rings (SSSR count). The molecule has 0 saturated heterocycles. The number of aromatic carboxylic acids is 1. The van der Waals surface area contributed by atoms with Gasteiger partial charge in [0.05, 0.1) is 17.1 Å². The van der Waals surface area contributed by atoms with E-state index in [1.165, 1.54) is 6.07 Å². The van der Waals surface area contributed by atoms with Gasteiger partial charge in [0.25, 0.3) is 0 Å². The van der Waals surface area contributed by atoms with Crippen LogP contribution in [0.3, 0.4) is 0 Å². The average Bonchev–Trinajstić information content (AvgIpc) is 2.90. The van der Waals surface area contributed by atoms with E-state index in [-0.39, 0.29) is 30.2 Å². The van der Waals surface area contributed by atoms with E-state index >= 15 is 0 Å². The maximum Gasteiger partial charge on any atom is 0.335 e. The molecule has 0 aliphatic rings. The van der Waals surface area contributed by atoms with Crippen LogP contribution in [0.1, 0.15) is 27.0 Å². The van der Waals surface area contributed by atoms with Crippen molar-refractivity contribution >= 4 is 11.7 Å². The molecule has 7 heteroatoms. The van der Waals surface area contributed by atoms with Crippen molar-refractivity contribution in [2.45, 2.75) is 5.60 Å². The third-order valence-electron chi connectivity index (χ3n) is 5.60. The number of ether oxygens (including phenoxy) is 2. The highest BCUT2D eigenvalue weighted by Gasteiger charge is 2.37. The Morgan fingerprint density at radius 3 is 1.69 bits per heavy atom. The molecular weight excluding hydrogens is 446 g/mol. The Bertz CT molecular complexity index is 1200. The summed E-state index contributed by atoms with van der Waals surface area (Å²) >= 11 is 0. The van der Waals surface area contributed by atoms with Gasteiger partial charge in [-0.3, -0.25) is 10.1 Å². The van der Waals surface area contributed by atoms with Gasteiger partial charge >= 0.3 is 11.7 Å². The molecule has 1 N–H and O–H groups in total. The van der Waals surface area contributed by atoms with Gasteiger partial charge in [-0.2, -0.15) is 0 Å². The van der Waals surface area contributed by atoms with E-state index in [1.54, 1.807) is 0 Å². The molecule has 0 aromatic heterocycles. The molecule has 0 heterocycles. The van der Waals surface area contributed by atoms with E-state index in [2.05, 4.69) is 0 Å². The molecule has 0 radical (unpaired) electrons. The van der Waals surface area contributed by atoms with Crippen LogP contribution in [0.4, 0.5) is 5.69 Å². The van der Waals surface area contributed by atoms with Crippen molar-refractivity contribution in [1.29, 1.82) is 0 Å². The molecule has 0 atom stereocenters. The van der Waals surface area contributed by atoms with Crippen molar-refractivity contribution in [2.75, 3.05) is 13.2 Å². The van der Waals surface area contributed by atoms with E-state index in [0.717, 1.165) is 28.8 Å². The van der Waals surface area contributed by atoms with E-state index in [9.17, 15) is 20.0 Å². The van der Waals surface area contributed by atoms with Gasteiger partial charge in [0, 0.05) is 12.1 Å². The summed E-state index contributed by atoms with van der Waals surface area (Å²) < 4.78 is 12.2. The minimum absolute atomic E-state index is 0.0296. The standard InChI is InChI=1S/C28H23NO6/c30-27(31)21-16-17-25(29(32)33)26(20-21)34-18-19-35-28(22-10-4-1-5-11-22,23-12-6-2-7-13-23)24-14-8-3-9-15-24/h1-17,20H,18-19H2,(H,30,31). The van der Waals surface area contributed by atoms with Crippen molar-refractivity contribution in [1.82, 2.24) is 0 Å². The first-order valence-electron chi connectivity index (χ1n) is 11.0. The fraction of sp³-hybridized carbons (Fsp3) is 0.107. The Labute approximate surface area is 202 Å². The highest BCUT2D eigenvalue weighted by atomic mass is 16.6. The van der Waals surface area contributed by atoms with Gasteiger partial charge in [-0.25, -0.2) is 4.79 Å². The lowest BCUT2D eigenvalue weighted by Crippen LogP contribution is -2.34. The lowest BCUT2D eigenvalue weighted by atomic mass is 9.80. The summed E-state index contributed by atoms with van der Waals surface area (Å²) in [4.78, 5) is 22.1. The van der Waals surface area contributed by atoms with Crippen LogP contribution in [0, 0.1) is 10.1 Å². The molecule has 0 saturated carbocycles. The molecule has 176 valence electrons. The first-order chi connectivity index (χ1) is 17.0. The van der Waals surface area contributed by atoms with Crippen LogP contribution in [-0.4, -0.2) is 29.2 Å². The van der Waals surface area contributed by atoms with Crippen LogP contribution < -0.4 is 4.74 Å². The summed E-state index contributed by atoms with van der Waals surface area (Å²) in [5.74, 6) is -1.32. The number of carbonyl (C=O) groups is 1. The Morgan fingerprint density at radius 1 is 0.771 bits per heavy atom. The predicted octanol–water partition coefficient (Wildman–Crippen LogP) is 5.68. The highest BCUT2D eigenvalue weighted by Crippen LogP contribution is 2.40. The highest BCUT2D eigenvalue weighted by molar-refractivity contribution is 5.88. The van der Waals surface area contributed by atoms with Crippen molar-refractivity contribution in [3.63, 3.8) is 0 Å². The minimum atomic E-state index is -1.20. The van der Waals surface area contributed by atoms with Crippen molar-refractivity contribution < 1.29 is 24.3 Å².